The number of benzene rings is 5. The fourth-order valence-electron chi connectivity index (χ4n) is 5.38. The van der Waals surface area contributed by atoms with E-state index in [1.165, 1.54) is 49.4 Å². The Balaban J connectivity index is 0.000000151. The molecule has 1 nitrogen and oxygen atoms in total. The van der Waals surface area contributed by atoms with Gasteiger partial charge in [-0.15, -0.1) is 47.5 Å². The molecule has 0 fully saturated rings. The molecule has 1 aromatic heterocycles. The number of aryl methyl sites for hydroxylation is 2. The summed E-state index contributed by atoms with van der Waals surface area (Å²) in [6.45, 7) is 0. The van der Waals surface area contributed by atoms with Crippen LogP contribution in [0.2, 0.25) is 0 Å². The molecule has 0 bridgehead atoms. The van der Waals surface area contributed by atoms with E-state index in [9.17, 15) is 0 Å². The normalized spacial score (nSPS) is 11.5. The molecule has 0 unspecified atom stereocenters. The van der Waals surface area contributed by atoms with Gasteiger partial charge in [0.15, 0.2) is 0 Å². The zero-order valence-corrected chi connectivity index (χ0v) is 26.1. The van der Waals surface area contributed by atoms with Gasteiger partial charge < -0.3 is 4.57 Å². The van der Waals surface area contributed by atoms with Gasteiger partial charge in [0, 0.05) is 10.8 Å². The molecule has 1 aliphatic carbocycles. The molecule has 1 heterocycles. The standard InChI is InChI=1S/C21H14N.C14H14.C5H5.Zr/c1-2-8-16-14-17(13-15(16)7-1)22-20-11-5-3-9-18(20)19-10-4-6-12-21(19)22;1-3-7-13(8-4-1)11-12-14-9-5-2-6-10-14;1-2-4-5-3-1;/h1-14H;1-10H,11-12H2;1-3H,4H2;/q-1;;-1;+2. The summed E-state index contributed by atoms with van der Waals surface area (Å²) < 4.78 is 2.37. The molecule has 1 aliphatic rings. The quantitative estimate of drug-likeness (QED) is 0.173. The van der Waals surface area contributed by atoms with E-state index in [1.807, 2.05) is 12.2 Å². The number of allylic oxidation sites excluding steroid dienone is 4. The molecular formula is C40H33NZr. The maximum absolute atomic E-state index is 2.99. The number of para-hydroxylation sites is 2. The third-order valence-corrected chi connectivity index (χ3v) is 7.41. The monoisotopic (exact) mass is 617 g/mol. The van der Waals surface area contributed by atoms with Crippen molar-refractivity contribution in [3.8, 4) is 5.69 Å². The van der Waals surface area contributed by atoms with Crippen molar-refractivity contribution in [2.24, 2.45) is 0 Å². The average molecular weight is 619 g/mol. The number of nitrogens with zero attached hydrogens (tertiary/aromatic N) is 1. The Hall–Kier alpha value is -4.13. The molecule has 0 radical (unpaired) electrons. The van der Waals surface area contributed by atoms with Crippen molar-refractivity contribution < 1.29 is 26.2 Å². The molecular weight excluding hydrogens is 586 g/mol. The van der Waals surface area contributed by atoms with Gasteiger partial charge in [-0.05, 0) is 41.8 Å². The van der Waals surface area contributed by atoms with Crippen LogP contribution in [-0.2, 0) is 39.0 Å². The van der Waals surface area contributed by atoms with Crippen LogP contribution in [0.4, 0.5) is 0 Å². The minimum atomic E-state index is 0. The van der Waals surface area contributed by atoms with Crippen molar-refractivity contribution in [3.05, 3.63) is 181 Å². The zero-order valence-electron chi connectivity index (χ0n) is 23.7. The number of fused-ring (bicyclic) bond motifs is 4. The molecule has 202 valence electrons. The van der Waals surface area contributed by atoms with Gasteiger partial charge in [-0.2, -0.15) is 6.08 Å². The second kappa shape index (κ2) is 14.7. The molecule has 0 amide bonds. The van der Waals surface area contributed by atoms with Gasteiger partial charge in [0.2, 0.25) is 0 Å². The fourth-order valence-corrected chi connectivity index (χ4v) is 5.38. The fraction of sp³-hybridized carbons (Fsp3) is 0.0750. The smallest absolute Gasteiger partial charge is 0.328 e. The number of hydrogen-bond donors (Lipinski definition) is 0. The van der Waals surface area contributed by atoms with Crippen molar-refractivity contribution >= 4 is 32.6 Å². The molecule has 7 aromatic rings. The summed E-state index contributed by atoms with van der Waals surface area (Å²) in [4.78, 5) is 0. The van der Waals surface area contributed by atoms with Gasteiger partial charge in [0.1, 0.15) is 0 Å². The van der Waals surface area contributed by atoms with E-state index in [0.717, 1.165) is 19.3 Å². The van der Waals surface area contributed by atoms with E-state index in [0.29, 0.717) is 0 Å². The molecule has 0 atom stereocenters. The van der Waals surface area contributed by atoms with E-state index in [4.69, 9.17) is 0 Å². The third-order valence-electron chi connectivity index (χ3n) is 7.41. The zero-order chi connectivity index (χ0) is 27.7. The van der Waals surface area contributed by atoms with Crippen molar-refractivity contribution in [1.82, 2.24) is 4.57 Å². The first-order valence-corrected chi connectivity index (χ1v) is 14.3. The van der Waals surface area contributed by atoms with Gasteiger partial charge in [-0.1, -0.05) is 103 Å². The Kier molecular flexibility index (Phi) is 10.3. The average Bonchev–Trinajstić information content (AvgIpc) is 3.82. The van der Waals surface area contributed by atoms with Gasteiger partial charge >= 0.3 is 26.2 Å². The Bertz CT molecular complexity index is 1770. The number of aromatic nitrogens is 1. The topological polar surface area (TPSA) is 4.93 Å². The van der Waals surface area contributed by atoms with Crippen molar-refractivity contribution in [3.63, 3.8) is 0 Å². The second-order valence-electron chi connectivity index (χ2n) is 10.2. The van der Waals surface area contributed by atoms with Crippen LogP contribution in [0, 0.1) is 6.08 Å². The molecule has 0 saturated heterocycles. The van der Waals surface area contributed by atoms with Gasteiger partial charge in [-0.25, -0.2) is 12.2 Å². The molecule has 8 rings (SSSR count). The van der Waals surface area contributed by atoms with Gasteiger partial charge in [0.25, 0.3) is 0 Å². The Morgan fingerprint density at radius 2 is 1.12 bits per heavy atom. The number of hydrogen-bond acceptors (Lipinski definition) is 0. The maximum atomic E-state index is 2.99. The largest absolute Gasteiger partial charge is 2.00 e. The van der Waals surface area contributed by atoms with Crippen LogP contribution in [-0.4, -0.2) is 4.57 Å². The van der Waals surface area contributed by atoms with Crippen LogP contribution in [0.25, 0.3) is 38.3 Å². The molecule has 0 aliphatic heterocycles. The predicted molar refractivity (Wildman–Crippen MR) is 176 cm³/mol. The Morgan fingerprint density at radius 3 is 1.62 bits per heavy atom. The predicted octanol–water partition coefficient (Wildman–Crippen LogP) is 10.4. The van der Waals surface area contributed by atoms with Gasteiger partial charge in [0.05, 0.1) is 11.0 Å². The first kappa shape index (κ1) is 29.4. The summed E-state index contributed by atoms with van der Waals surface area (Å²) in [6.07, 6.45) is 12.3. The Morgan fingerprint density at radius 1 is 0.595 bits per heavy atom. The summed E-state index contributed by atoms with van der Waals surface area (Å²) in [7, 11) is 0. The third kappa shape index (κ3) is 7.01. The summed E-state index contributed by atoms with van der Waals surface area (Å²) in [5.74, 6) is 0. The van der Waals surface area contributed by atoms with E-state index < -0.39 is 0 Å². The first-order valence-electron chi connectivity index (χ1n) is 14.3. The SMILES string of the molecule is [C-]1=CC=CC1.[Zr+2].c1ccc(CCc2ccccc2)cc1.c1ccc2[cH-]c(-n3c4ccccc4c4ccccc43)cc2c1. The van der Waals surface area contributed by atoms with E-state index >= 15 is 0 Å². The summed E-state index contributed by atoms with van der Waals surface area (Å²) in [5, 5.41) is 5.20. The molecule has 0 spiro atoms. The molecule has 2 heteroatoms. The minimum Gasteiger partial charge on any atom is -0.328 e. The molecule has 0 saturated carbocycles. The van der Waals surface area contributed by atoms with Crippen LogP contribution in [0.3, 0.4) is 0 Å². The minimum absolute atomic E-state index is 0. The van der Waals surface area contributed by atoms with Crippen molar-refractivity contribution in [2.75, 3.05) is 0 Å². The summed E-state index contributed by atoms with van der Waals surface area (Å²) >= 11 is 0. The summed E-state index contributed by atoms with van der Waals surface area (Å²) in [6, 6.07) is 51.6. The van der Waals surface area contributed by atoms with Crippen molar-refractivity contribution in [2.45, 2.75) is 19.3 Å². The van der Waals surface area contributed by atoms with E-state index in [1.54, 1.807) is 0 Å². The molecule has 0 N–H and O–H groups in total. The van der Waals surface area contributed by atoms with E-state index in [2.05, 4.69) is 162 Å². The maximum Gasteiger partial charge on any atom is 2.00 e. The second-order valence-corrected chi connectivity index (χ2v) is 10.2. The van der Waals surface area contributed by atoms with E-state index in [-0.39, 0.29) is 26.2 Å². The Labute approximate surface area is 267 Å². The van der Waals surface area contributed by atoms with Crippen LogP contribution < -0.4 is 0 Å². The van der Waals surface area contributed by atoms with Crippen LogP contribution >= 0.6 is 0 Å². The molecule has 42 heavy (non-hydrogen) atoms. The number of rotatable bonds is 4. The summed E-state index contributed by atoms with van der Waals surface area (Å²) in [5.41, 5.74) is 6.59. The van der Waals surface area contributed by atoms with Crippen molar-refractivity contribution in [1.29, 1.82) is 0 Å². The van der Waals surface area contributed by atoms with Gasteiger partial charge in [-0.3, -0.25) is 6.08 Å². The van der Waals surface area contributed by atoms with Crippen LogP contribution in [0.5, 0.6) is 0 Å². The van der Waals surface area contributed by atoms with Crippen LogP contribution in [0.15, 0.2) is 164 Å². The van der Waals surface area contributed by atoms with Crippen LogP contribution in [0.1, 0.15) is 17.5 Å². The molecule has 6 aromatic carbocycles. The first-order chi connectivity index (χ1) is 20.4.